The number of nitrogens with zero attached hydrogens (tertiary/aromatic N) is 1. The summed E-state index contributed by atoms with van der Waals surface area (Å²) in [5, 5.41) is 9.13. The van der Waals surface area contributed by atoms with Crippen molar-refractivity contribution in [2.24, 2.45) is 5.92 Å². The molecule has 1 fully saturated rings. The number of aliphatic hydroxyl groups excluding tert-OH is 1. The van der Waals surface area contributed by atoms with Crippen molar-refractivity contribution in [1.82, 2.24) is 4.90 Å². The fourth-order valence-corrected chi connectivity index (χ4v) is 2.53. The van der Waals surface area contributed by atoms with Crippen LogP contribution in [0.3, 0.4) is 0 Å². The first-order chi connectivity index (χ1) is 8.13. The van der Waals surface area contributed by atoms with Crippen molar-refractivity contribution in [2.45, 2.75) is 26.3 Å². The Morgan fingerprint density at radius 3 is 2.76 bits per heavy atom. The molecule has 0 aliphatic carbocycles. The molecule has 3 heteroatoms. The van der Waals surface area contributed by atoms with Crippen LogP contribution in [-0.4, -0.2) is 29.1 Å². The van der Waals surface area contributed by atoms with Crippen LogP contribution in [-0.2, 0) is 4.79 Å². The zero-order chi connectivity index (χ0) is 12.4. The van der Waals surface area contributed by atoms with E-state index in [1.807, 2.05) is 17.0 Å². The molecule has 0 saturated carbocycles. The monoisotopic (exact) mass is 233 g/mol. The fraction of sp³-hybridized carbons (Fsp3) is 0.500. The molecule has 1 N–H and O–H groups in total. The van der Waals surface area contributed by atoms with E-state index in [0.29, 0.717) is 13.0 Å². The van der Waals surface area contributed by atoms with Gasteiger partial charge in [0.1, 0.15) is 0 Å². The summed E-state index contributed by atoms with van der Waals surface area (Å²) in [5.41, 5.74) is 2.40. The molecule has 1 saturated heterocycles. The molecule has 3 nitrogen and oxygen atoms in total. The van der Waals surface area contributed by atoms with E-state index in [1.54, 1.807) is 0 Å². The summed E-state index contributed by atoms with van der Waals surface area (Å²) in [6, 6.07) is 8.24. The predicted octanol–water partition coefficient (Wildman–Crippen LogP) is 1.90. The van der Waals surface area contributed by atoms with E-state index >= 15 is 0 Å². The van der Waals surface area contributed by atoms with Crippen LogP contribution in [0.4, 0.5) is 0 Å². The Labute approximate surface area is 102 Å². The molecule has 17 heavy (non-hydrogen) atoms. The molecule has 0 spiro atoms. The molecule has 1 aromatic rings. The molecule has 1 amide bonds. The number of hydrogen-bond donors (Lipinski definition) is 1. The largest absolute Gasteiger partial charge is 0.396 e. The summed E-state index contributed by atoms with van der Waals surface area (Å²) in [5.74, 6) is 0.258. The van der Waals surface area contributed by atoms with E-state index in [4.69, 9.17) is 5.11 Å². The maximum atomic E-state index is 11.9. The number of aryl methyl sites for hydroxylation is 1. The minimum absolute atomic E-state index is 0.0975. The average molecular weight is 233 g/mol. The van der Waals surface area contributed by atoms with Crippen molar-refractivity contribution in [3.63, 3.8) is 0 Å². The van der Waals surface area contributed by atoms with Gasteiger partial charge in [-0.3, -0.25) is 4.79 Å². The molecule has 2 unspecified atom stereocenters. The van der Waals surface area contributed by atoms with Gasteiger partial charge in [-0.15, -0.1) is 0 Å². The van der Waals surface area contributed by atoms with Gasteiger partial charge in [-0.2, -0.15) is 0 Å². The first-order valence-electron chi connectivity index (χ1n) is 6.09. The lowest BCUT2D eigenvalue weighted by atomic mass is 10.0. The Hall–Kier alpha value is -1.35. The van der Waals surface area contributed by atoms with Crippen molar-refractivity contribution >= 4 is 5.91 Å². The summed E-state index contributed by atoms with van der Waals surface area (Å²) in [6.45, 7) is 4.89. The van der Waals surface area contributed by atoms with Gasteiger partial charge >= 0.3 is 0 Å². The Balaban J connectivity index is 2.18. The normalized spacial score (nSPS) is 21.9. The molecule has 1 heterocycles. The predicted molar refractivity (Wildman–Crippen MR) is 66.5 cm³/mol. The maximum absolute atomic E-state index is 11.9. The lowest BCUT2D eigenvalue weighted by Crippen LogP contribution is -2.29. The highest BCUT2D eigenvalue weighted by Gasteiger charge is 2.32. The second-order valence-corrected chi connectivity index (χ2v) is 4.83. The van der Waals surface area contributed by atoms with Crippen molar-refractivity contribution in [3.05, 3.63) is 35.4 Å². The van der Waals surface area contributed by atoms with Gasteiger partial charge in [0.2, 0.25) is 5.91 Å². The quantitative estimate of drug-likeness (QED) is 0.866. The zero-order valence-electron chi connectivity index (χ0n) is 10.4. The Kier molecular flexibility index (Phi) is 3.48. The average Bonchev–Trinajstić information content (AvgIpc) is 2.70. The molecule has 2 atom stereocenters. The summed E-state index contributed by atoms with van der Waals surface area (Å²) in [4.78, 5) is 13.8. The van der Waals surface area contributed by atoms with E-state index in [2.05, 4.69) is 26.0 Å². The van der Waals surface area contributed by atoms with Gasteiger partial charge in [-0.1, -0.05) is 24.3 Å². The summed E-state index contributed by atoms with van der Waals surface area (Å²) in [6.07, 6.45) is 0.479. The van der Waals surface area contributed by atoms with E-state index < -0.39 is 0 Å². The van der Waals surface area contributed by atoms with Crippen LogP contribution in [0.2, 0.25) is 0 Å². The van der Waals surface area contributed by atoms with E-state index in [0.717, 1.165) is 0 Å². The van der Waals surface area contributed by atoms with Crippen LogP contribution < -0.4 is 0 Å². The third kappa shape index (κ3) is 2.34. The van der Waals surface area contributed by atoms with Crippen molar-refractivity contribution in [1.29, 1.82) is 0 Å². The standard InChI is InChI=1S/C14H19NO2/c1-10-5-3-4-6-13(10)11(2)15-8-12(9-16)7-14(15)17/h3-6,11-12,16H,7-9H2,1-2H3. The third-order valence-electron chi connectivity index (χ3n) is 3.60. The van der Waals surface area contributed by atoms with Gasteiger partial charge in [0.05, 0.1) is 6.04 Å². The minimum atomic E-state index is 0.0975. The molecule has 1 aliphatic heterocycles. The maximum Gasteiger partial charge on any atom is 0.223 e. The molecule has 0 bridgehead atoms. The molecule has 1 aromatic carbocycles. The molecule has 1 aliphatic rings. The Bertz CT molecular complexity index is 416. The van der Waals surface area contributed by atoms with Gasteiger partial charge < -0.3 is 10.0 Å². The number of amides is 1. The highest BCUT2D eigenvalue weighted by Crippen LogP contribution is 2.29. The molecule has 0 radical (unpaired) electrons. The second-order valence-electron chi connectivity index (χ2n) is 4.83. The van der Waals surface area contributed by atoms with Crippen LogP contribution in [0.15, 0.2) is 24.3 Å². The van der Waals surface area contributed by atoms with Gasteiger partial charge in [-0.05, 0) is 25.0 Å². The summed E-state index contributed by atoms with van der Waals surface area (Å²) >= 11 is 0. The number of carbonyl (C=O) groups is 1. The molecule has 0 aromatic heterocycles. The fourth-order valence-electron chi connectivity index (χ4n) is 2.53. The molecular formula is C14H19NO2. The lowest BCUT2D eigenvalue weighted by Gasteiger charge is -2.26. The zero-order valence-corrected chi connectivity index (χ0v) is 10.4. The molecular weight excluding hydrogens is 214 g/mol. The number of likely N-dealkylation sites (tertiary alicyclic amines) is 1. The summed E-state index contributed by atoms with van der Waals surface area (Å²) in [7, 11) is 0. The van der Waals surface area contributed by atoms with Crippen molar-refractivity contribution < 1.29 is 9.90 Å². The van der Waals surface area contributed by atoms with Gasteiger partial charge in [0.25, 0.3) is 0 Å². The van der Waals surface area contributed by atoms with Crippen LogP contribution in [0.25, 0.3) is 0 Å². The van der Waals surface area contributed by atoms with E-state index in [9.17, 15) is 4.79 Å². The topological polar surface area (TPSA) is 40.5 Å². The number of carbonyl (C=O) groups excluding carboxylic acids is 1. The van der Waals surface area contributed by atoms with E-state index in [-0.39, 0.29) is 24.5 Å². The number of rotatable bonds is 3. The van der Waals surface area contributed by atoms with Crippen LogP contribution in [0.5, 0.6) is 0 Å². The third-order valence-corrected chi connectivity index (χ3v) is 3.60. The highest BCUT2D eigenvalue weighted by atomic mass is 16.3. The first-order valence-corrected chi connectivity index (χ1v) is 6.09. The minimum Gasteiger partial charge on any atom is -0.396 e. The number of benzene rings is 1. The van der Waals surface area contributed by atoms with Crippen LogP contribution >= 0.6 is 0 Å². The van der Waals surface area contributed by atoms with Crippen molar-refractivity contribution in [2.75, 3.05) is 13.2 Å². The van der Waals surface area contributed by atoms with Gasteiger partial charge in [0, 0.05) is 25.5 Å². The van der Waals surface area contributed by atoms with Gasteiger partial charge in [-0.25, -0.2) is 0 Å². The van der Waals surface area contributed by atoms with E-state index in [1.165, 1.54) is 11.1 Å². The number of hydrogen-bond acceptors (Lipinski definition) is 2. The lowest BCUT2D eigenvalue weighted by molar-refractivity contribution is -0.129. The first kappa shape index (κ1) is 12.1. The Morgan fingerprint density at radius 1 is 1.47 bits per heavy atom. The molecule has 2 rings (SSSR count). The summed E-state index contributed by atoms with van der Waals surface area (Å²) < 4.78 is 0. The van der Waals surface area contributed by atoms with Gasteiger partial charge in [0.15, 0.2) is 0 Å². The highest BCUT2D eigenvalue weighted by molar-refractivity contribution is 5.79. The molecule has 92 valence electrons. The SMILES string of the molecule is Cc1ccccc1C(C)N1CC(CO)CC1=O. The second kappa shape index (κ2) is 4.88. The smallest absolute Gasteiger partial charge is 0.223 e. The Morgan fingerprint density at radius 2 is 2.18 bits per heavy atom. The van der Waals surface area contributed by atoms with Crippen LogP contribution in [0, 0.1) is 12.8 Å². The van der Waals surface area contributed by atoms with Crippen LogP contribution in [0.1, 0.15) is 30.5 Å². The number of aliphatic hydroxyl groups is 1. The van der Waals surface area contributed by atoms with Crippen molar-refractivity contribution in [3.8, 4) is 0 Å².